The van der Waals surface area contributed by atoms with E-state index in [9.17, 15) is 14.4 Å². The number of nitrogens with one attached hydrogen (secondary N) is 1. The van der Waals surface area contributed by atoms with Crippen molar-refractivity contribution in [2.24, 2.45) is 0 Å². The van der Waals surface area contributed by atoms with Crippen molar-refractivity contribution in [3.8, 4) is 11.1 Å². The highest BCUT2D eigenvalue weighted by atomic mass is 35.5. The molecule has 0 heterocycles. The van der Waals surface area contributed by atoms with E-state index in [-0.39, 0.29) is 11.3 Å². The SMILES string of the molecule is CSCC[C@@H](NC(=O)c1ccccc1Cl)C(=O)OCC(=O)c1ccc(-c2ccccc2)cc1. The fourth-order valence-electron chi connectivity index (χ4n) is 3.17. The number of hydrogen-bond acceptors (Lipinski definition) is 5. The van der Waals surface area contributed by atoms with E-state index < -0.39 is 24.5 Å². The molecule has 3 aromatic rings. The summed E-state index contributed by atoms with van der Waals surface area (Å²) in [4.78, 5) is 37.8. The van der Waals surface area contributed by atoms with Crippen LogP contribution < -0.4 is 5.32 Å². The van der Waals surface area contributed by atoms with Gasteiger partial charge < -0.3 is 10.1 Å². The second-order valence-corrected chi connectivity index (χ2v) is 8.65. The molecule has 0 aliphatic heterocycles. The third kappa shape index (κ3) is 6.94. The molecule has 5 nitrogen and oxygen atoms in total. The molecule has 3 rings (SSSR count). The van der Waals surface area contributed by atoms with Crippen LogP contribution in [0.25, 0.3) is 11.1 Å². The van der Waals surface area contributed by atoms with E-state index in [1.165, 1.54) is 0 Å². The molecule has 0 aromatic heterocycles. The third-order valence-corrected chi connectivity index (χ3v) is 5.95. The highest BCUT2D eigenvalue weighted by molar-refractivity contribution is 7.98. The second kappa shape index (κ2) is 12.2. The molecule has 0 radical (unpaired) electrons. The number of benzene rings is 3. The first-order chi connectivity index (χ1) is 16.0. The molecule has 0 unspecified atom stereocenters. The van der Waals surface area contributed by atoms with Crippen LogP contribution in [0.3, 0.4) is 0 Å². The minimum absolute atomic E-state index is 0.274. The first kappa shape index (κ1) is 24.6. The van der Waals surface area contributed by atoms with E-state index in [4.69, 9.17) is 16.3 Å². The molecule has 1 amide bonds. The Morgan fingerprint density at radius 1 is 0.909 bits per heavy atom. The summed E-state index contributed by atoms with van der Waals surface area (Å²) in [5, 5.41) is 2.97. The first-order valence-corrected chi connectivity index (χ1v) is 12.2. The Bertz CT molecular complexity index is 1100. The molecule has 170 valence electrons. The van der Waals surface area contributed by atoms with Gasteiger partial charge in [-0.3, -0.25) is 9.59 Å². The zero-order chi connectivity index (χ0) is 23.6. The average Bonchev–Trinajstić information content (AvgIpc) is 2.85. The number of thioether (sulfide) groups is 1. The van der Waals surface area contributed by atoms with Crippen LogP contribution in [0.4, 0.5) is 0 Å². The summed E-state index contributed by atoms with van der Waals surface area (Å²) in [5.74, 6) is -0.800. The van der Waals surface area contributed by atoms with Gasteiger partial charge in [0, 0.05) is 5.56 Å². The summed E-state index contributed by atoms with van der Waals surface area (Å²) in [6, 6.07) is 22.7. The van der Waals surface area contributed by atoms with Crippen LogP contribution in [0.1, 0.15) is 27.1 Å². The molecular formula is C26H24ClNO4S. The monoisotopic (exact) mass is 481 g/mol. The maximum Gasteiger partial charge on any atom is 0.329 e. The van der Waals surface area contributed by atoms with E-state index in [2.05, 4.69) is 5.32 Å². The maximum absolute atomic E-state index is 12.6. The van der Waals surface area contributed by atoms with E-state index in [1.54, 1.807) is 48.2 Å². The number of rotatable bonds is 10. The number of amides is 1. The van der Waals surface area contributed by atoms with Crippen LogP contribution in [-0.2, 0) is 9.53 Å². The van der Waals surface area contributed by atoms with Gasteiger partial charge in [0.15, 0.2) is 12.4 Å². The molecule has 33 heavy (non-hydrogen) atoms. The van der Waals surface area contributed by atoms with Crippen molar-refractivity contribution < 1.29 is 19.1 Å². The number of Topliss-reactive ketones (excluding diaryl/α,β-unsaturated/α-hetero) is 1. The number of carbonyl (C=O) groups excluding carboxylic acids is 3. The van der Waals surface area contributed by atoms with Crippen molar-refractivity contribution in [2.45, 2.75) is 12.5 Å². The van der Waals surface area contributed by atoms with Gasteiger partial charge in [0.1, 0.15) is 6.04 Å². The molecule has 0 saturated carbocycles. The fourth-order valence-corrected chi connectivity index (χ4v) is 3.86. The van der Waals surface area contributed by atoms with Crippen molar-refractivity contribution in [1.29, 1.82) is 0 Å². The largest absolute Gasteiger partial charge is 0.456 e. The molecule has 0 saturated heterocycles. The van der Waals surface area contributed by atoms with Gasteiger partial charge in [-0.2, -0.15) is 11.8 Å². The van der Waals surface area contributed by atoms with E-state index in [0.717, 1.165) is 11.1 Å². The summed E-state index contributed by atoms with van der Waals surface area (Å²) < 4.78 is 5.25. The fraction of sp³-hybridized carbons (Fsp3) is 0.192. The molecule has 0 spiro atoms. The highest BCUT2D eigenvalue weighted by Crippen LogP contribution is 2.19. The van der Waals surface area contributed by atoms with E-state index >= 15 is 0 Å². The molecule has 0 aliphatic rings. The lowest BCUT2D eigenvalue weighted by molar-refractivity contribution is -0.144. The van der Waals surface area contributed by atoms with Crippen LogP contribution in [0.15, 0.2) is 78.9 Å². The van der Waals surface area contributed by atoms with Crippen LogP contribution in [0, 0.1) is 0 Å². The lowest BCUT2D eigenvalue weighted by Crippen LogP contribution is -2.42. The third-order valence-electron chi connectivity index (χ3n) is 4.98. The molecule has 0 fully saturated rings. The molecular weight excluding hydrogens is 458 g/mol. The van der Waals surface area contributed by atoms with Gasteiger partial charge in [0.25, 0.3) is 5.91 Å². The topological polar surface area (TPSA) is 72.5 Å². The Balaban J connectivity index is 1.60. The standard InChI is InChI=1S/C26H24ClNO4S/c1-33-16-15-23(28-25(30)21-9-5-6-10-22(21)27)26(31)32-17-24(29)20-13-11-19(12-14-20)18-7-3-2-4-8-18/h2-14,23H,15-17H2,1H3,(H,28,30)/t23-/m1/s1. The van der Waals surface area contributed by atoms with Gasteiger partial charge in [-0.05, 0) is 41.7 Å². The number of ether oxygens (including phenoxy) is 1. The normalized spacial score (nSPS) is 11.5. The molecule has 3 aromatic carbocycles. The number of ketones is 1. The molecule has 1 atom stereocenters. The minimum Gasteiger partial charge on any atom is -0.456 e. The van der Waals surface area contributed by atoms with Crippen molar-refractivity contribution in [1.82, 2.24) is 5.32 Å². The van der Waals surface area contributed by atoms with Crippen molar-refractivity contribution in [3.63, 3.8) is 0 Å². The highest BCUT2D eigenvalue weighted by Gasteiger charge is 2.24. The Morgan fingerprint density at radius 3 is 2.21 bits per heavy atom. The zero-order valence-electron chi connectivity index (χ0n) is 18.1. The Morgan fingerprint density at radius 2 is 1.55 bits per heavy atom. The summed E-state index contributed by atoms with van der Waals surface area (Å²) in [6.07, 6.45) is 2.27. The molecule has 7 heteroatoms. The number of esters is 1. The van der Waals surface area contributed by atoms with E-state index in [0.29, 0.717) is 22.8 Å². The molecule has 0 bridgehead atoms. The first-order valence-electron chi connectivity index (χ1n) is 10.4. The van der Waals surface area contributed by atoms with Crippen LogP contribution in [0.2, 0.25) is 5.02 Å². The molecule has 1 N–H and O–H groups in total. The maximum atomic E-state index is 12.6. The number of halogens is 1. The van der Waals surface area contributed by atoms with Gasteiger partial charge in [-0.1, -0.05) is 78.3 Å². The Hall–Kier alpha value is -3.09. The predicted octanol–water partition coefficient (Wildman–Crippen LogP) is 5.28. The lowest BCUT2D eigenvalue weighted by atomic mass is 10.0. The summed E-state index contributed by atoms with van der Waals surface area (Å²) in [5.41, 5.74) is 2.76. The smallest absolute Gasteiger partial charge is 0.329 e. The lowest BCUT2D eigenvalue weighted by Gasteiger charge is -2.17. The van der Waals surface area contributed by atoms with Crippen molar-refractivity contribution in [3.05, 3.63) is 95.0 Å². The van der Waals surface area contributed by atoms with Gasteiger partial charge >= 0.3 is 5.97 Å². The molecule has 0 aliphatic carbocycles. The van der Waals surface area contributed by atoms with Gasteiger partial charge in [0.05, 0.1) is 10.6 Å². The Kier molecular flexibility index (Phi) is 9.10. The average molecular weight is 482 g/mol. The van der Waals surface area contributed by atoms with Crippen LogP contribution >= 0.6 is 23.4 Å². The quantitative estimate of drug-likeness (QED) is 0.315. The zero-order valence-corrected chi connectivity index (χ0v) is 19.7. The van der Waals surface area contributed by atoms with Crippen LogP contribution in [0.5, 0.6) is 0 Å². The van der Waals surface area contributed by atoms with Gasteiger partial charge in [-0.15, -0.1) is 0 Å². The summed E-state index contributed by atoms with van der Waals surface area (Å²) >= 11 is 7.62. The number of carbonyl (C=O) groups is 3. The Labute approximate surface area is 202 Å². The van der Waals surface area contributed by atoms with Crippen molar-refractivity contribution >= 4 is 41.0 Å². The second-order valence-electron chi connectivity index (χ2n) is 7.26. The summed E-state index contributed by atoms with van der Waals surface area (Å²) in [6.45, 7) is -0.402. The summed E-state index contributed by atoms with van der Waals surface area (Å²) in [7, 11) is 0. The minimum atomic E-state index is -0.880. The number of hydrogen-bond donors (Lipinski definition) is 1. The van der Waals surface area contributed by atoms with Crippen LogP contribution in [-0.4, -0.2) is 42.3 Å². The van der Waals surface area contributed by atoms with Gasteiger partial charge in [0.2, 0.25) is 0 Å². The van der Waals surface area contributed by atoms with Gasteiger partial charge in [-0.25, -0.2) is 4.79 Å². The van der Waals surface area contributed by atoms with Crippen molar-refractivity contribution in [2.75, 3.05) is 18.6 Å². The predicted molar refractivity (Wildman–Crippen MR) is 133 cm³/mol. The van der Waals surface area contributed by atoms with E-state index in [1.807, 2.05) is 48.7 Å².